The lowest BCUT2D eigenvalue weighted by Crippen LogP contribution is -2.02. The summed E-state index contributed by atoms with van der Waals surface area (Å²) >= 11 is 0. The van der Waals surface area contributed by atoms with Gasteiger partial charge in [0.25, 0.3) is 10.1 Å². The minimum atomic E-state index is -4.40. The van der Waals surface area contributed by atoms with Gasteiger partial charge in [0.2, 0.25) is 0 Å². The number of nitrogen functional groups attached to an aromatic ring is 1. The summed E-state index contributed by atoms with van der Waals surface area (Å²) in [5, 5.41) is 19.0. The summed E-state index contributed by atoms with van der Waals surface area (Å²) in [7, 11) is -4.40. The number of fused-ring (bicyclic) bond motifs is 1. The van der Waals surface area contributed by atoms with Crippen LogP contribution in [-0.4, -0.2) is 29.2 Å². The number of rotatable bonds is 2. The molecule has 0 aromatic heterocycles. The number of carboxylic acids is 1. The fourth-order valence-corrected chi connectivity index (χ4v) is 2.24. The van der Waals surface area contributed by atoms with Crippen molar-refractivity contribution < 1.29 is 28.0 Å². The van der Waals surface area contributed by atoms with E-state index in [4.69, 9.17) is 15.4 Å². The van der Waals surface area contributed by atoms with E-state index in [1.54, 1.807) is 0 Å². The molecule has 0 spiro atoms. The van der Waals surface area contributed by atoms with Gasteiger partial charge in [0.1, 0.15) is 5.56 Å². The Morgan fingerprint density at radius 2 is 1.84 bits per heavy atom. The molecule has 0 aliphatic heterocycles. The van der Waals surface area contributed by atoms with Crippen molar-refractivity contribution in [1.82, 2.24) is 0 Å². The minimum absolute atomic E-state index is 0.170. The highest BCUT2D eigenvalue weighted by Gasteiger charge is 2.17. The Labute approximate surface area is 107 Å². The van der Waals surface area contributed by atoms with Gasteiger partial charge in [-0.1, -0.05) is 6.07 Å². The number of aromatic hydroxyl groups is 1. The van der Waals surface area contributed by atoms with Gasteiger partial charge in [-0.2, -0.15) is 8.42 Å². The van der Waals surface area contributed by atoms with Crippen LogP contribution in [0.15, 0.2) is 29.2 Å². The summed E-state index contributed by atoms with van der Waals surface area (Å²) in [5.74, 6) is -1.98. The zero-order valence-electron chi connectivity index (χ0n) is 9.36. The second kappa shape index (κ2) is 4.11. The Hall–Kier alpha value is -2.32. The van der Waals surface area contributed by atoms with Gasteiger partial charge in [0.15, 0.2) is 5.75 Å². The predicted molar refractivity (Wildman–Crippen MR) is 66.8 cm³/mol. The van der Waals surface area contributed by atoms with Gasteiger partial charge < -0.3 is 15.9 Å². The molecule has 2 aromatic carbocycles. The van der Waals surface area contributed by atoms with Gasteiger partial charge in [-0.25, -0.2) is 4.79 Å². The normalized spacial score (nSPS) is 11.6. The molecule has 7 nitrogen and oxygen atoms in total. The van der Waals surface area contributed by atoms with Crippen LogP contribution >= 0.6 is 0 Å². The summed E-state index contributed by atoms with van der Waals surface area (Å²) in [6.07, 6.45) is 0. The van der Waals surface area contributed by atoms with Gasteiger partial charge >= 0.3 is 5.97 Å². The molecule has 0 saturated heterocycles. The number of aromatic carboxylic acids is 1. The monoisotopic (exact) mass is 283 g/mol. The fourth-order valence-electron chi connectivity index (χ4n) is 1.73. The van der Waals surface area contributed by atoms with Crippen molar-refractivity contribution >= 4 is 32.5 Å². The maximum absolute atomic E-state index is 11.0. The largest absolute Gasteiger partial charge is 0.505 e. The van der Waals surface area contributed by atoms with Crippen molar-refractivity contribution in [2.75, 3.05) is 5.73 Å². The number of nitrogens with two attached hydrogens (primary N) is 1. The molecule has 0 heterocycles. The predicted octanol–water partition coefficient (Wildman–Crippen LogP) is 1.07. The van der Waals surface area contributed by atoms with Crippen LogP contribution in [0.1, 0.15) is 10.4 Å². The molecule has 2 aromatic rings. The number of hydrogen-bond acceptors (Lipinski definition) is 5. The second-order valence-electron chi connectivity index (χ2n) is 3.85. The number of anilines is 1. The summed E-state index contributed by atoms with van der Waals surface area (Å²) in [4.78, 5) is 10.5. The number of carbonyl (C=O) groups is 1. The molecular weight excluding hydrogens is 274 g/mol. The van der Waals surface area contributed by atoms with Crippen LogP contribution in [0.5, 0.6) is 5.75 Å². The van der Waals surface area contributed by atoms with Crippen LogP contribution < -0.4 is 5.73 Å². The number of benzene rings is 2. The second-order valence-corrected chi connectivity index (χ2v) is 5.27. The third-order valence-corrected chi connectivity index (χ3v) is 3.50. The Morgan fingerprint density at radius 3 is 2.37 bits per heavy atom. The molecule has 0 amide bonds. The molecule has 0 aliphatic rings. The van der Waals surface area contributed by atoms with Crippen LogP contribution in [0.2, 0.25) is 0 Å². The summed E-state index contributed by atoms with van der Waals surface area (Å²) in [6.45, 7) is 0. The molecule has 0 saturated carbocycles. The SMILES string of the molecule is Nc1c(O)c(C(=O)O)cc2cc(S(=O)(=O)O)ccc12. The molecule has 2 rings (SSSR count). The molecule has 0 atom stereocenters. The maximum atomic E-state index is 11.0. The lowest BCUT2D eigenvalue weighted by molar-refractivity contribution is 0.0694. The minimum Gasteiger partial charge on any atom is -0.505 e. The Balaban J connectivity index is 2.87. The lowest BCUT2D eigenvalue weighted by Gasteiger charge is -2.08. The Bertz CT molecular complexity index is 796. The molecule has 8 heteroatoms. The quantitative estimate of drug-likeness (QED) is 0.367. The van der Waals surface area contributed by atoms with E-state index >= 15 is 0 Å². The number of phenols is 1. The van der Waals surface area contributed by atoms with E-state index in [0.29, 0.717) is 0 Å². The third-order valence-electron chi connectivity index (χ3n) is 2.65. The van der Waals surface area contributed by atoms with Crippen LogP contribution in [0.4, 0.5) is 5.69 Å². The van der Waals surface area contributed by atoms with Gasteiger partial charge in [-0.3, -0.25) is 4.55 Å². The standard InChI is InChI=1S/C11H9NO6S/c12-9-7-2-1-6(19(16,17)18)3-5(7)4-8(10(9)13)11(14)15/h1-4,13H,12H2,(H,14,15)(H,16,17,18). The van der Waals surface area contributed by atoms with Crippen molar-refractivity contribution in [2.45, 2.75) is 4.90 Å². The summed E-state index contributed by atoms with van der Waals surface area (Å²) in [6, 6.07) is 4.54. The van der Waals surface area contributed by atoms with Crippen molar-refractivity contribution in [3.8, 4) is 5.75 Å². The Kier molecular flexibility index (Phi) is 2.84. The van der Waals surface area contributed by atoms with Crippen molar-refractivity contribution in [1.29, 1.82) is 0 Å². The van der Waals surface area contributed by atoms with Gasteiger partial charge in [-0.15, -0.1) is 0 Å². The van der Waals surface area contributed by atoms with E-state index < -0.39 is 27.4 Å². The topological polar surface area (TPSA) is 138 Å². The molecule has 0 unspecified atom stereocenters. The van der Waals surface area contributed by atoms with E-state index in [0.717, 1.165) is 18.2 Å². The zero-order valence-corrected chi connectivity index (χ0v) is 10.2. The first-order valence-corrected chi connectivity index (χ1v) is 6.42. The van der Waals surface area contributed by atoms with E-state index in [1.807, 2.05) is 0 Å². The zero-order chi connectivity index (χ0) is 14.4. The Morgan fingerprint density at radius 1 is 1.21 bits per heavy atom. The molecule has 0 fully saturated rings. The fraction of sp³-hybridized carbons (Fsp3) is 0. The number of carboxylic acid groups (broad SMARTS) is 1. The number of hydrogen-bond donors (Lipinski definition) is 4. The third kappa shape index (κ3) is 2.18. The molecule has 5 N–H and O–H groups in total. The highest BCUT2D eigenvalue weighted by atomic mass is 32.2. The first-order chi connectivity index (χ1) is 8.71. The van der Waals surface area contributed by atoms with Crippen LogP contribution in [-0.2, 0) is 10.1 Å². The molecular formula is C11H9NO6S. The first kappa shape index (κ1) is 13.1. The van der Waals surface area contributed by atoms with E-state index in [-0.39, 0.29) is 21.4 Å². The maximum Gasteiger partial charge on any atom is 0.339 e. The molecule has 0 aliphatic carbocycles. The van der Waals surface area contributed by atoms with Crippen LogP contribution in [0, 0.1) is 0 Å². The molecule has 100 valence electrons. The smallest absolute Gasteiger partial charge is 0.339 e. The van der Waals surface area contributed by atoms with Gasteiger partial charge in [-0.05, 0) is 23.6 Å². The lowest BCUT2D eigenvalue weighted by atomic mass is 10.0. The van der Waals surface area contributed by atoms with Gasteiger partial charge in [0, 0.05) is 5.39 Å². The van der Waals surface area contributed by atoms with Crippen molar-refractivity contribution in [3.05, 3.63) is 29.8 Å². The average molecular weight is 283 g/mol. The highest BCUT2D eigenvalue weighted by Crippen LogP contribution is 2.34. The summed E-state index contributed by atoms with van der Waals surface area (Å²) < 4.78 is 30.9. The highest BCUT2D eigenvalue weighted by molar-refractivity contribution is 7.85. The molecule has 19 heavy (non-hydrogen) atoms. The molecule has 0 bridgehead atoms. The van der Waals surface area contributed by atoms with E-state index in [1.165, 1.54) is 6.07 Å². The van der Waals surface area contributed by atoms with Crippen molar-refractivity contribution in [3.63, 3.8) is 0 Å². The van der Waals surface area contributed by atoms with E-state index in [9.17, 15) is 18.3 Å². The van der Waals surface area contributed by atoms with Crippen LogP contribution in [0.25, 0.3) is 10.8 Å². The summed E-state index contributed by atoms with van der Waals surface area (Å²) in [5.41, 5.74) is 4.97. The van der Waals surface area contributed by atoms with Crippen LogP contribution in [0.3, 0.4) is 0 Å². The molecule has 0 radical (unpaired) electrons. The average Bonchev–Trinajstić information content (AvgIpc) is 2.31. The van der Waals surface area contributed by atoms with E-state index in [2.05, 4.69) is 0 Å². The van der Waals surface area contributed by atoms with Crippen molar-refractivity contribution in [2.24, 2.45) is 0 Å². The van der Waals surface area contributed by atoms with Gasteiger partial charge in [0.05, 0.1) is 10.6 Å². The first-order valence-electron chi connectivity index (χ1n) is 4.98.